The van der Waals surface area contributed by atoms with Gasteiger partial charge in [-0.05, 0) is 18.1 Å². The van der Waals surface area contributed by atoms with Crippen molar-refractivity contribution >= 4 is 30.7 Å². The molecule has 0 spiro atoms. The molecule has 882 valence electrons. The van der Waals surface area contributed by atoms with Crippen molar-refractivity contribution in [1.29, 1.82) is 0 Å². The van der Waals surface area contributed by atoms with Crippen molar-refractivity contribution in [3.8, 4) is 0 Å². The summed E-state index contributed by atoms with van der Waals surface area (Å²) in [7, 11) is 1.72. The molecule has 0 radical (unpaired) electrons. The van der Waals surface area contributed by atoms with E-state index in [2.05, 4.69) is 52.9 Å². The fourth-order valence-corrected chi connectivity index (χ4v) is 3.43. The predicted molar refractivity (Wildman–Crippen MR) is 324 cm³/mol. The van der Waals surface area contributed by atoms with E-state index in [0.29, 0.717) is 0 Å². The van der Waals surface area contributed by atoms with Crippen molar-refractivity contribution in [3.63, 3.8) is 0 Å². The predicted octanol–water partition coefficient (Wildman–Crippen LogP) is 20.7. The van der Waals surface area contributed by atoms with Crippen LogP contribution in [0.15, 0.2) is 0 Å². The molecule has 1 fully saturated rings. The number of hydrogen-bond acceptors (Lipinski definition) is 19. The Morgan fingerprint density at radius 3 is 0.546 bits per heavy atom. The quantitative estimate of drug-likeness (QED) is 0.0436. The minimum atomic E-state index is -6.99. The molecule has 1 saturated heterocycles. The Hall–Kier alpha value is -4.99. The smallest absolute Gasteiger partial charge is 1.00 e. The molecule has 0 amide bonds. The van der Waals surface area contributed by atoms with Crippen LogP contribution in [0.5, 0.6) is 0 Å². The summed E-state index contributed by atoms with van der Waals surface area (Å²) < 4.78 is 777. The monoisotopic (exact) mass is 2450 g/mol. The topological polar surface area (TPSA) is 251 Å². The van der Waals surface area contributed by atoms with Crippen molar-refractivity contribution in [1.82, 2.24) is 0 Å². The summed E-state index contributed by atoms with van der Waals surface area (Å²) in [5.74, 6) is -61.4. The van der Waals surface area contributed by atoms with E-state index in [1.54, 1.807) is 0 Å². The first-order valence-electron chi connectivity index (χ1n) is 26.8. The Kier molecular flexibility index (Phi) is 146. The summed E-state index contributed by atoms with van der Waals surface area (Å²) in [5, 5.41) is 23.0. The van der Waals surface area contributed by atoms with E-state index < -0.39 is 259 Å². The normalized spacial score (nSPS) is 12.8. The first-order valence-corrected chi connectivity index (χ1v) is 26.8. The van der Waals surface area contributed by atoms with Gasteiger partial charge in [-0.2, -0.15) is 222 Å². The molecule has 1 aliphatic heterocycles. The number of methoxy groups -OCH3 is 3. The number of epoxide rings is 1. The molecule has 0 aromatic rings. The summed E-state index contributed by atoms with van der Waals surface area (Å²) in [5.41, 5.74) is 0. The first-order chi connectivity index (χ1) is 57.7. The molecule has 89 heteroatoms. The minimum absolute atomic E-state index is 0. The van der Waals surface area contributed by atoms with Crippen LogP contribution in [0.25, 0.3) is 0 Å². The van der Waals surface area contributed by atoms with Crippen LogP contribution in [0.2, 0.25) is 0 Å². The molecule has 1 atom stereocenters. The van der Waals surface area contributed by atoms with Gasteiger partial charge in [0.2, 0.25) is 34.6 Å². The second-order valence-electron chi connectivity index (χ2n) is 16.9. The average Bonchev–Trinajstić information content (AvgIpc) is 1.39. The van der Waals surface area contributed by atoms with Gasteiger partial charge < -0.3 is 48.4 Å². The number of rotatable bonds is 25. The Bertz CT molecular complexity index is 2570. The molecule has 0 aliphatic carbocycles. The fourth-order valence-electron chi connectivity index (χ4n) is 3.43. The minimum Gasteiger partial charge on any atom is -1.00 e. The molecule has 0 aromatic heterocycles. The Labute approximate surface area is 801 Å². The summed E-state index contributed by atoms with van der Waals surface area (Å²) in [4.78, 5) is 54.0. The van der Waals surface area contributed by atoms with Gasteiger partial charge in [0.1, 0.15) is 33.0 Å². The van der Waals surface area contributed by atoms with Crippen LogP contribution in [0.4, 0.5) is 309 Å². The molecule has 0 aromatic carbocycles. The zero-order valence-corrected chi connectivity index (χ0v) is 69.1. The molecule has 19 nitrogen and oxygen atoms in total. The molecule has 1 unspecified atom stereocenters. The van der Waals surface area contributed by atoms with E-state index >= 15 is 0 Å². The van der Waals surface area contributed by atoms with Gasteiger partial charge in [-0.15, -0.1) is 17.6 Å². The van der Waals surface area contributed by atoms with E-state index in [1.807, 2.05) is 0 Å². The first kappa shape index (κ1) is 209. The maximum absolute atomic E-state index is 13.9. The number of aliphatic hydroxyl groups excluding tert-OH is 3. The van der Waals surface area contributed by atoms with Crippen molar-refractivity contribution in [2.24, 2.45) is 0 Å². The van der Waals surface area contributed by atoms with E-state index in [4.69, 9.17) is 29.7 Å². The van der Waals surface area contributed by atoms with Gasteiger partial charge in [0.25, 0.3) is 0 Å². The molecule has 1 aliphatic rings. The number of ether oxygens (including phenoxy) is 7. The third-order valence-corrected chi connectivity index (χ3v) is 7.83. The summed E-state index contributed by atoms with van der Waals surface area (Å²) in [6.45, 7) is -32.0. The molecule has 1 heterocycles. The molecule has 3 N–H and O–H groups in total. The second-order valence-corrected chi connectivity index (χ2v) is 16.9. The fraction of sp³-hybridized carbons (Fsp3) is 0.904. The van der Waals surface area contributed by atoms with Crippen molar-refractivity contribution < 1.29 is 465 Å². The van der Waals surface area contributed by atoms with Crippen molar-refractivity contribution in [2.45, 2.75) is 173 Å². The third-order valence-electron chi connectivity index (χ3n) is 7.83. The summed E-state index contributed by atoms with van der Waals surface area (Å²) in [6, 6.07) is -10.3. The van der Waals surface area contributed by atoms with Crippen molar-refractivity contribution in [3.05, 3.63) is 0 Å². The van der Waals surface area contributed by atoms with E-state index in [9.17, 15) is 304 Å². The Morgan fingerprint density at radius 2 is 0.468 bits per heavy atom. The number of halogens is 69. The molecule has 1 rings (SSSR count). The maximum Gasteiger partial charge on any atom is 1.00 e. The van der Waals surface area contributed by atoms with Crippen LogP contribution in [-0.4, -0.2) is 303 Å². The van der Waals surface area contributed by atoms with Crippen LogP contribution in [0.3, 0.4) is 0 Å². The third kappa shape index (κ3) is 108. The zero-order valence-electron chi connectivity index (χ0n) is 62.8. The Morgan fingerprint density at radius 1 is 0.326 bits per heavy atom. The largest absolute Gasteiger partial charge is 1.00 e. The SMILES string of the molecule is C.C.C.C.C.C.C.COC(F)(F)C(F)(F)C(F)(OCC(F)(F)F)C(F)(F)C(F)(F)OC.COCF.COF.F.FC(F)(F)C1(F)OC1(F)F.FCF.FCF.FCF.FCF.FCF.FOCC(F)(F)F.FOCC(F)(F)F.FOCC(F)(F)F.O=C(F)C(F)(F)C(F)(OCC(F)(F)F)C(F)(F)C(=O)F.O=C(F)CF.O=C(F)F.O=C(F)F.OCC(F)(F)C(F)(OCC(F)(F)F)C(F)(F)CO.OCF.[Cs+].[F-]. The number of hydrogen-bond donors (Lipinski definition) is 3. The van der Waals surface area contributed by atoms with E-state index in [-0.39, 0.29) is 145 Å². The molecular weight excluding hydrogens is 2370 g/mol. The summed E-state index contributed by atoms with van der Waals surface area (Å²) in [6.07, 6.45) is -59.0. The van der Waals surface area contributed by atoms with Gasteiger partial charge in [0, 0.05) is 21.3 Å². The Balaban J connectivity index is -0.0000000410. The molecule has 141 heavy (non-hydrogen) atoms. The number of alkyl halides is 56. The van der Waals surface area contributed by atoms with Crippen LogP contribution in [0, 0.1) is 0 Å². The van der Waals surface area contributed by atoms with Crippen molar-refractivity contribution in [2.75, 3.05) is 136 Å². The molecular formula is C52H76CsF69O19. The number of aliphatic hydroxyl groups is 3. The van der Waals surface area contributed by atoms with Gasteiger partial charge in [-0.25, -0.2) is 66.7 Å². The standard InChI is InChI=1S/C9H8F12O3.C7H2F10O3.C7H8F8O3.C3F6O.3C2H2F4O.C2H2F2O.C2H5FO.2CF2O.5CH2F2.2CH3FO.7CH4.Cs.2FH/c1-22-8(18,19)5(13,14)7(17,24-3-4(10,11)12)6(15,16)9(20,21)23-2;8-2(18)5(13,14)7(17,6(15,16)3(9)19)20-1-4(10,11)12;8-4(9,1-16)7(15,5(10,11)2-17)18-3-6(12,13)14;4-1(2(5,6)7)3(8,9)10-1;3*3-2(4,5)1-7-6;3-1-2(4)5;1-4-2-3;2*2-1(3)4;5*2-1-3;1-3-2;2-1-3;;;;;;;;;;/h3H2,1-2H3;1H2;16-17H,1-3H2;;3*1H2;1H2;2H2,1H3;;;5*1H2;1H3;3H,1H2;7*1H4;;2*1H/q;;;;;;;;;;;;;;;;;;;;;;;;;+1;;/p-1. The summed E-state index contributed by atoms with van der Waals surface area (Å²) >= 11 is 0. The average molecular weight is 2450 g/mol. The van der Waals surface area contributed by atoms with Gasteiger partial charge >= 0.3 is 220 Å². The van der Waals surface area contributed by atoms with E-state index in [0.717, 1.165) is 7.11 Å². The molecule has 0 saturated carbocycles. The second kappa shape index (κ2) is 98.4. The van der Waals surface area contributed by atoms with Gasteiger partial charge in [0.05, 0.1) is 7.11 Å². The van der Waals surface area contributed by atoms with Gasteiger partial charge in [0.15, 0.2) is 40.2 Å². The molecule has 0 bridgehead atoms. The van der Waals surface area contributed by atoms with Crippen LogP contribution < -0.4 is 73.6 Å². The van der Waals surface area contributed by atoms with Crippen LogP contribution in [-0.2, 0) is 67.3 Å². The van der Waals surface area contributed by atoms with Gasteiger partial charge in [-0.1, -0.05) is 52.0 Å². The maximum atomic E-state index is 13.9. The number of carbonyl (C=O) groups excluding carboxylic acids is 5. The van der Waals surface area contributed by atoms with Gasteiger partial charge in [-0.3, -0.25) is 23.8 Å². The van der Waals surface area contributed by atoms with Crippen LogP contribution >= 0.6 is 0 Å². The zero-order chi connectivity index (χ0) is 111. The number of carbonyl (C=O) groups is 5. The van der Waals surface area contributed by atoms with E-state index in [1.165, 1.54) is 7.11 Å². The van der Waals surface area contributed by atoms with Crippen LogP contribution in [0.1, 0.15) is 52.0 Å².